The lowest BCUT2D eigenvalue weighted by molar-refractivity contribution is 0.0526. The number of benzene rings is 1. The molecular formula is C18H25N5O2. The van der Waals surface area contributed by atoms with E-state index in [1.54, 1.807) is 23.7 Å². The first-order valence-electron chi connectivity index (χ1n) is 8.82. The Morgan fingerprint density at radius 3 is 2.72 bits per heavy atom. The SMILES string of the molecule is CCOC(=O)c1cccc(-n2nnnc2C2(N(C)C)CCCCC2)c1. The van der Waals surface area contributed by atoms with Crippen LogP contribution in [0.5, 0.6) is 0 Å². The van der Waals surface area contributed by atoms with Crippen molar-refractivity contribution in [1.29, 1.82) is 0 Å². The van der Waals surface area contributed by atoms with Crippen LogP contribution in [0.1, 0.15) is 55.2 Å². The topological polar surface area (TPSA) is 73.1 Å². The van der Waals surface area contributed by atoms with Crippen molar-refractivity contribution >= 4 is 5.97 Å². The van der Waals surface area contributed by atoms with E-state index < -0.39 is 0 Å². The van der Waals surface area contributed by atoms with Gasteiger partial charge in [0.15, 0.2) is 5.82 Å². The lowest BCUT2D eigenvalue weighted by Crippen LogP contribution is -2.45. The number of carbonyl (C=O) groups is 1. The minimum atomic E-state index is -0.334. The first-order chi connectivity index (χ1) is 12.1. The Balaban J connectivity index is 2.02. The predicted molar refractivity (Wildman–Crippen MR) is 93.6 cm³/mol. The van der Waals surface area contributed by atoms with E-state index in [0.29, 0.717) is 12.2 Å². The van der Waals surface area contributed by atoms with Crippen LogP contribution in [0.15, 0.2) is 24.3 Å². The van der Waals surface area contributed by atoms with Crippen molar-refractivity contribution in [3.05, 3.63) is 35.7 Å². The Bertz CT molecular complexity index is 735. The van der Waals surface area contributed by atoms with Gasteiger partial charge in [0, 0.05) is 0 Å². The van der Waals surface area contributed by atoms with Crippen LogP contribution in [0.2, 0.25) is 0 Å². The normalized spacial score (nSPS) is 16.8. The summed E-state index contributed by atoms with van der Waals surface area (Å²) in [5.41, 5.74) is 1.10. The van der Waals surface area contributed by atoms with Crippen molar-refractivity contribution in [1.82, 2.24) is 25.1 Å². The number of carbonyl (C=O) groups excluding carboxylic acids is 1. The Labute approximate surface area is 148 Å². The smallest absolute Gasteiger partial charge is 0.338 e. The van der Waals surface area contributed by atoms with Crippen LogP contribution in [0.3, 0.4) is 0 Å². The van der Waals surface area contributed by atoms with Crippen molar-refractivity contribution in [2.45, 2.75) is 44.6 Å². The fraction of sp³-hybridized carbons (Fsp3) is 0.556. The van der Waals surface area contributed by atoms with Crippen LogP contribution in [0.25, 0.3) is 5.69 Å². The van der Waals surface area contributed by atoms with Gasteiger partial charge in [-0.2, -0.15) is 4.68 Å². The molecule has 0 radical (unpaired) electrons. The maximum Gasteiger partial charge on any atom is 0.338 e. The van der Waals surface area contributed by atoms with Gasteiger partial charge in [0.2, 0.25) is 0 Å². The van der Waals surface area contributed by atoms with Gasteiger partial charge in [0.1, 0.15) is 0 Å². The van der Waals surface area contributed by atoms with E-state index >= 15 is 0 Å². The van der Waals surface area contributed by atoms with Crippen molar-refractivity contribution in [3.8, 4) is 5.69 Å². The summed E-state index contributed by atoms with van der Waals surface area (Å²) in [6.07, 6.45) is 5.62. The minimum Gasteiger partial charge on any atom is -0.462 e. The lowest BCUT2D eigenvalue weighted by Gasteiger charge is -2.41. The molecule has 7 nitrogen and oxygen atoms in total. The molecule has 7 heteroatoms. The Morgan fingerprint density at radius 1 is 1.28 bits per heavy atom. The van der Waals surface area contributed by atoms with Crippen molar-refractivity contribution in [2.75, 3.05) is 20.7 Å². The maximum atomic E-state index is 12.0. The zero-order valence-corrected chi connectivity index (χ0v) is 15.1. The van der Waals surface area contributed by atoms with Gasteiger partial charge in [-0.1, -0.05) is 25.3 Å². The second kappa shape index (κ2) is 7.31. The molecule has 0 amide bonds. The Hall–Kier alpha value is -2.28. The van der Waals surface area contributed by atoms with Crippen LogP contribution in [-0.2, 0) is 10.3 Å². The summed E-state index contributed by atoms with van der Waals surface area (Å²) in [6, 6.07) is 7.27. The fourth-order valence-corrected chi connectivity index (χ4v) is 3.64. The average Bonchev–Trinajstić information content (AvgIpc) is 3.13. The number of aromatic nitrogens is 4. The molecular weight excluding hydrogens is 318 g/mol. The highest BCUT2D eigenvalue weighted by Gasteiger charge is 2.41. The molecule has 1 aliphatic carbocycles. The number of hydrogen-bond donors (Lipinski definition) is 0. The Kier molecular flexibility index (Phi) is 5.13. The van der Waals surface area contributed by atoms with Gasteiger partial charge in [-0.05, 0) is 62.5 Å². The molecule has 0 saturated heterocycles. The van der Waals surface area contributed by atoms with Crippen LogP contribution >= 0.6 is 0 Å². The number of hydrogen-bond acceptors (Lipinski definition) is 6. The first kappa shape index (κ1) is 17.5. The van der Waals surface area contributed by atoms with E-state index in [1.807, 2.05) is 12.1 Å². The van der Waals surface area contributed by atoms with E-state index in [9.17, 15) is 4.79 Å². The molecule has 1 heterocycles. The third kappa shape index (κ3) is 3.28. The first-order valence-corrected chi connectivity index (χ1v) is 8.82. The van der Waals surface area contributed by atoms with Crippen LogP contribution in [0.4, 0.5) is 0 Å². The lowest BCUT2D eigenvalue weighted by atomic mass is 9.80. The zero-order valence-electron chi connectivity index (χ0n) is 15.1. The summed E-state index contributed by atoms with van der Waals surface area (Å²) in [5.74, 6) is 0.497. The van der Waals surface area contributed by atoms with Gasteiger partial charge < -0.3 is 4.74 Å². The standard InChI is InChI=1S/C18H25N5O2/c1-4-25-16(24)14-9-8-10-15(13-14)23-17(19-20-21-23)18(22(2)3)11-6-5-7-12-18/h8-10,13H,4-7,11-12H2,1-3H3. The molecule has 0 N–H and O–H groups in total. The highest BCUT2D eigenvalue weighted by Crippen LogP contribution is 2.40. The van der Waals surface area contributed by atoms with E-state index in [1.165, 1.54) is 6.42 Å². The average molecular weight is 343 g/mol. The molecule has 1 aromatic carbocycles. The highest BCUT2D eigenvalue weighted by atomic mass is 16.5. The molecule has 0 bridgehead atoms. The molecule has 1 aliphatic rings. The van der Waals surface area contributed by atoms with Gasteiger partial charge in [-0.25, -0.2) is 4.79 Å². The van der Waals surface area contributed by atoms with Gasteiger partial charge in [-0.3, -0.25) is 4.90 Å². The summed E-state index contributed by atoms with van der Waals surface area (Å²) in [6.45, 7) is 2.15. The molecule has 134 valence electrons. The number of rotatable bonds is 5. The molecule has 1 fully saturated rings. The van der Waals surface area contributed by atoms with Crippen molar-refractivity contribution in [2.24, 2.45) is 0 Å². The molecule has 25 heavy (non-hydrogen) atoms. The third-order valence-electron chi connectivity index (χ3n) is 5.02. The molecule has 1 aromatic heterocycles. The van der Waals surface area contributed by atoms with Crippen LogP contribution < -0.4 is 0 Å². The molecule has 0 atom stereocenters. The van der Waals surface area contributed by atoms with Gasteiger partial charge in [-0.15, -0.1) is 5.10 Å². The van der Waals surface area contributed by atoms with Gasteiger partial charge in [0.05, 0.1) is 23.4 Å². The van der Waals surface area contributed by atoms with Gasteiger partial charge in [0.25, 0.3) is 0 Å². The number of ether oxygens (including phenoxy) is 1. The summed E-state index contributed by atoms with van der Waals surface area (Å²) in [5, 5.41) is 12.5. The van der Waals surface area contributed by atoms with Crippen LogP contribution in [-0.4, -0.2) is 51.8 Å². The van der Waals surface area contributed by atoms with Crippen LogP contribution in [0, 0.1) is 0 Å². The summed E-state index contributed by atoms with van der Waals surface area (Å²) in [7, 11) is 4.17. The van der Waals surface area contributed by atoms with E-state index in [0.717, 1.165) is 37.2 Å². The largest absolute Gasteiger partial charge is 0.462 e. The summed E-state index contributed by atoms with van der Waals surface area (Å²) in [4.78, 5) is 14.3. The minimum absolute atomic E-state index is 0.179. The predicted octanol–water partition coefficient (Wildman–Crippen LogP) is 2.56. The van der Waals surface area contributed by atoms with Gasteiger partial charge >= 0.3 is 5.97 Å². The van der Waals surface area contributed by atoms with Crippen molar-refractivity contribution < 1.29 is 9.53 Å². The Morgan fingerprint density at radius 2 is 2.04 bits per heavy atom. The second-order valence-corrected chi connectivity index (χ2v) is 6.67. The van der Waals surface area contributed by atoms with E-state index in [2.05, 4.69) is 34.5 Å². The molecule has 3 rings (SSSR count). The zero-order chi connectivity index (χ0) is 17.9. The second-order valence-electron chi connectivity index (χ2n) is 6.67. The molecule has 0 aliphatic heterocycles. The summed E-state index contributed by atoms with van der Waals surface area (Å²) < 4.78 is 6.85. The molecule has 0 spiro atoms. The number of esters is 1. The summed E-state index contributed by atoms with van der Waals surface area (Å²) >= 11 is 0. The van der Waals surface area contributed by atoms with E-state index in [-0.39, 0.29) is 11.5 Å². The molecule has 1 saturated carbocycles. The van der Waals surface area contributed by atoms with E-state index in [4.69, 9.17) is 4.74 Å². The van der Waals surface area contributed by atoms with Crippen molar-refractivity contribution in [3.63, 3.8) is 0 Å². The molecule has 2 aromatic rings. The number of nitrogens with zero attached hydrogens (tertiary/aromatic N) is 5. The highest BCUT2D eigenvalue weighted by molar-refractivity contribution is 5.90. The fourth-order valence-electron chi connectivity index (χ4n) is 3.64. The molecule has 0 unspecified atom stereocenters. The maximum absolute atomic E-state index is 12.0. The number of tetrazole rings is 1. The monoisotopic (exact) mass is 343 g/mol. The quantitative estimate of drug-likeness (QED) is 0.777. The third-order valence-corrected chi connectivity index (χ3v) is 5.02.